The Morgan fingerprint density at radius 1 is 0.886 bits per heavy atom. The van der Waals surface area contributed by atoms with E-state index in [4.69, 9.17) is 4.74 Å². The second-order valence-corrected chi connectivity index (χ2v) is 9.82. The van der Waals surface area contributed by atoms with Crippen molar-refractivity contribution in [1.82, 2.24) is 18.5 Å². The Morgan fingerprint density at radius 3 is 2.39 bits per heavy atom. The molecule has 6 aromatic rings. The number of methoxy groups -OCH3 is 1. The van der Waals surface area contributed by atoms with Gasteiger partial charge < -0.3 is 14.6 Å². The van der Waals surface area contributed by atoms with E-state index in [1.54, 1.807) is 40.9 Å². The number of imidazole rings is 1. The summed E-state index contributed by atoms with van der Waals surface area (Å²) in [5.41, 5.74) is 1.12. The Labute approximate surface area is 270 Å². The van der Waals surface area contributed by atoms with Crippen LogP contribution < -0.4 is 45.9 Å². The third-order valence-corrected chi connectivity index (χ3v) is 7.12. The summed E-state index contributed by atoms with van der Waals surface area (Å²) in [4.78, 5) is 56.9. The minimum atomic E-state index is -1.34. The van der Waals surface area contributed by atoms with Gasteiger partial charge in [0.25, 0.3) is 5.56 Å². The predicted octanol–water partition coefficient (Wildman–Crippen LogP) is -0.132. The van der Waals surface area contributed by atoms with Crippen LogP contribution in [0.4, 0.5) is 4.39 Å². The quantitative estimate of drug-likeness (QED) is 0.176. The summed E-state index contributed by atoms with van der Waals surface area (Å²) in [6.07, 6.45) is 1.66. The summed E-state index contributed by atoms with van der Waals surface area (Å²) in [5.74, 6) is -2.24. The van der Waals surface area contributed by atoms with Gasteiger partial charge in [-0.3, -0.25) is 23.1 Å². The van der Waals surface area contributed by atoms with Crippen molar-refractivity contribution in [2.75, 3.05) is 7.11 Å². The van der Waals surface area contributed by atoms with Gasteiger partial charge in [-0.2, -0.15) is 0 Å². The summed E-state index contributed by atoms with van der Waals surface area (Å²) >= 11 is 0. The molecular weight excluding hydrogens is 578 g/mol. The van der Waals surface area contributed by atoms with Gasteiger partial charge >= 0.3 is 35.2 Å². The largest absolute Gasteiger partial charge is 1.00 e. The van der Waals surface area contributed by atoms with Crippen molar-refractivity contribution in [2.45, 2.75) is 13.3 Å². The monoisotopic (exact) mass is 600 g/mol. The van der Waals surface area contributed by atoms with Gasteiger partial charge in [-0.1, -0.05) is 36.4 Å². The molecule has 214 valence electrons. The van der Waals surface area contributed by atoms with E-state index in [2.05, 4.69) is 4.98 Å². The van der Waals surface area contributed by atoms with Crippen LogP contribution in [0.2, 0.25) is 0 Å². The number of nitrogens with zero attached hydrogens (tertiary/aromatic N) is 4. The van der Waals surface area contributed by atoms with Crippen molar-refractivity contribution in [3.05, 3.63) is 140 Å². The van der Waals surface area contributed by atoms with Gasteiger partial charge in [0.05, 0.1) is 34.6 Å². The molecule has 0 spiro atoms. The number of carbonyl (C=O) groups excluding carboxylic acids is 2. The topological polar surface area (TPSA) is 128 Å². The maximum Gasteiger partial charge on any atom is 1.00 e. The molecule has 12 heteroatoms. The van der Waals surface area contributed by atoms with Crippen molar-refractivity contribution >= 4 is 28.2 Å². The molecule has 0 bridgehead atoms. The van der Waals surface area contributed by atoms with E-state index >= 15 is 0 Å². The number of carbonyl (C=O) groups is 2. The maximum atomic E-state index is 13.9. The summed E-state index contributed by atoms with van der Waals surface area (Å²) in [5, 5.41) is 11.5. The third kappa shape index (κ3) is 5.53. The summed E-state index contributed by atoms with van der Waals surface area (Å²) in [6, 6.07) is 21.2. The molecule has 10 nitrogen and oxygen atoms in total. The van der Waals surface area contributed by atoms with E-state index in [0.29, 0.717) is 22.3 Å². The number of carboxylic acid groups (broad SMARTS) is 1. The Bertz CT molecular complexity index is 2190. The second-order valence-electron chi connectivity index (χ2n) is 9.82. The molecule has 6 rings (SSSR count). The van der Waals surface area contributed by atoms with Gasteiger partial charge in [0.2, 0.25) is 5.78 Å². The SMILES string of the molecule is COCn1c(=O)n(Cc2ccc(F)cc2)c(=O)c2cc(C(=O)c3nc(-c4cccc(C(=O)[O-])c4)c4ccccn34)ccc21.[Na+]. The van der Waals surface area contributed by atoms with Gasteiger partial charge in [0, 0.05) is 24.4 Å². The van der Waals surface area contributed by atoms with Crippen LogP contribution in [0.5, 0.6) is 0 Å². The van der Waals surface area contributed by atoms with Crippen molar-refractivity contribution in [1.29, 1.82) is 0 Å². The van der Waals surface area contributed by atoms with E-state index < -0.39 is 28.8 Å². The fourth-order valence-corrected chi connectivity index (χ4v) is 5.06. The minimum Gasteiger partial charge on any atom is -0.545 e. The van der Waals surface area contributed by atoms with Gasteiger partial charge in [-0.05, 0) is 59.7 Å². The molecule has 0 fully saturated rings. The zero-order chi connectivity index (χ0) is 30.2. The molecular formula is C32H22FN4NaO6. The van der Waals surface area contributed by atoms with Gasteiger partial charge in [0.15, 0.2) is 5.82 Å². The number of halogens is 1. The van der Waals surface area contributed by atoms with E-state index in [0.717, 1.165) is 4.57 Å². The first kappa shape index (κ1) is 30.8. The summed E-state index contributed by atoms with van der Waals surface area (Å²) in [7, 11) is 1.41. The third-order valence-electron chi connectivity index (χ3n) is 7.12. The van der Waals surface area contributed by atoms with Gasteiger partial charge in [0.1, 0.15) is 12.5 Å². The molecule has 0 unspecified atom stereocenters. The molecule has 0 atom stereocenters. The number of hydrogen-bond donors (Lipinski definition) is 0. The van der Waals surface area contributed by atoms with Crippen molar-refractivity contribution in [3.8, 4) is 11.3 Å². The molecule has 0 aliphatic heterocycles. The Hall–Kier alpha value is -4.68. The predicted molar refractivity (Wildman–Crippen MR) is 153 cm³/mol. The molecule has 3 aromatic carbocycles. The smallest absolute Gasteiger partial charge is 0.545 e. The average Bonchev–Trinajstić information content (AvgIpc) is 3.41. The minimum absolute atomic E-state index is 0. The van der Waals surface area contributed by atoms with Crippen LogP contribution in [0.25, 0.3) is 27.7 Å². The van der Waals surface area contributed by atoms with Crippen LogP contribution in [-0.2, 0) is 18.0 Å². The Balaban J connectivity index is 0.00000384. The molecule has 0 saturated carbocycles. The first-order valence-electron chi connectivity index (χ1n) is 13.1. The van der Waals surface area contributed by atoms with Crippen molar-refractivity contribution in [3.63, 3.8) is 0 Å². The van der Waals surface area contributed by atoms with E-state index in [1.165, 1.54) is 66.3 Å². The number of rotatable bonds is 8. The molecule has 0 N–H and O–H groups in total. The molecule has 3 aromatic heterocycles. The molecule has 0 amide bonds. The Kier molecular flexibility index (Phi) is 8.75. The second kappa shape index (κ2) is 12.5. The number of hydrogen-bond acceptors (Lipinski definition) is 7. The summed E-state index contributed by atoms with van der Waals surface area (Å²) < 4.78 is 22.5. The van der Waals surface area contributed by atoms with Crippen LogP contribution in [-0.4, -0.2) is 37.4 Å². The fourth-order valence-electron chi connectivity index (χ4n) is 5.06. The van der Waals surface area contributed by atoms with Crippen LogP contribution in [0.1, 0.15) is 32.1 Å². The molecule has 44 heavy (non-hydrogen) atoms. The number of aromatic nitrogens is 4. The molecule has 0 aliphatic rings. The molecule has 0 aliphatic carbocycles. The zero-order valence-corrected chi connectivity index (χ0v) is 25.7. The maximum absolute atomic E-state index is 13.9. The standard InChI is InChI=1S/C32H23FN4O6.Na/c1-43-18-37-25-13-10-21(16-24(25)30(39)36(32(37)42)17-19-8-11-23(33)12-9-19)28(38)29-34-27(26-7-2-3-14-35(26)29)20-5-4-6-22(15-20)31(40)41;/h2-16H,17-18H2,1H3,(H,40,41);/q;+1/p-1. The first-order valence-corrected chi connectivity index (χ1v) is 13.1. The van der Waals surface area contributed by atoms with Gasteiger partial charge in [-0.25, -0.2) is 14.2 Å². The van der Waals surface area contributed by atoms with Crippen molar-refractivity contribution in [2.24, 2.45) is 0 Å². The number of carboxylic acids is 1. The Morgan fingerprint density at radius 2 is 1.66 bits per heavy atom. The first-order chi connectivity index (χ1) is 20.8. The van der Waals surface area contributed by atoms with E-state index in [-0.39, 0.29) is 70.7 Å². The zero-order valence-electron chi connectivity index (χ0n) is 23.7. The molecule has 0 saturated heterocycles. The van der Waals surface area contributed by atoms with Gasteiger partial charge in [-0.15, -0.1) is 0 Å². The van der Waals surface area contributed by atoms with E-state index in [1.807, 2.05) is 0 Å². The number of fused-ring (bicyclic) bond motifs is 2. The normalized spacial score (nSPS) is 11.0. The molecule has 0 radical (unpaired) electrons. The number of benzene rings is 3. The van der Waals surface area contributed by atoms with Crippen molar-refractivity contribution < 1.29 is 53.4 Å². The van der Waals surface area contributed by atoms with Crippen LogP contribution in [0, 0.1) is 5.82 Å². The number of pyridine rings is 1. The number of ketones is 1. The number of ether oxygens (including phenoxy) is 1. The summed E-state index contributed by atoms with van der Waals surface area (Å²) in [6.45, 7) is -0.263. The van der Waals surface area contributed by atoms with Crippen LogP contribution >= 0.6 is 0 Å². The van der Waals surface area contributed by atoms with Crippen LogP contribution in [0.3, 0.4) is 0 Å². The van der Waals surface area contributed by atoms with E-state index in [9.17, 15) is 28.7 Å². The molecule has 3 heterocycles. The average molecular weight is 601 g/mol. The van der Waals surface area contributed by atoms with Crippen LogP contribution in [0.15, 0.2) is 101 Å². The fraction of sp³-hybridized carbons (Fsp3) is 0.0938. The number of aromatic carboxylic acids is 1.